The van der Waals surface area contributed by atoms with Gasteiger partial charge in [0.05, 0.1) is 11.8 Å². The first kappa shape index (κ1) is 50.1. The monoisotopic (exact) mass is 906 g/mol. The van der Waals surface area contributed by atoms with Gasteiger partial charge >= 0.3 is 11.9 Å². The molecule has 0 aromatic heterocycles. The number of hydrogen-bond acceptors (Lipinski definition) is 10. The zero-order chi connectivity index (χ0) is 47.8. The lowest BCUT2D eigenvalue weighted by atomic mass is 9.65. The molecule has 0 bridgehead atoms. The van der Waals surface area contributed by atoms with Crippen molar-refractivity contribution in [2.45, 2.75) is 102 Å². The van der Waals surface area contributed by atoms with Gasteiger partial charge in [0.25, 0.3) is 0 Å². The molecule has 0 aliphatic heterocycles. The van der Waals surface area contributed by atoms with Gasteiger partial charge in [-0.2, -0.15) is 0 Å². The molecule has 6 N–H and O–H groups in total. The summed E-state index contributed by atoms with van der Waals surface area (Å²) in [4.78, 5) is 54.3. The number of nitrogens with two attached hydrogens (primary N) is 2. The van der Waals surface area contributed by atoms with E-state index >= 15 is 0 Å². The second kappa shape index (κ2) is 23.9. The van der Waals surface area contributed by atoms with E-state index in [1.165, 1.54) is 12.2 Å². The number of allylic oxidation sites excluding steroid dienone is 3. The predicted molar refractivity (Wildman–Crippen MR) is 265 cm³/mol. The summed E-state index contributed by atoms with van der Waals surface area (Å²) in [6.45, 7) is 7.62. The minimum atomic E-state index is -3.06. The molecule has 10 heteroatoms. The van der Waals surface area contributed by atoms with Crippen molar-refractivity contribution in [3.63, 3.8) is 0 Å². The molecule has 6 rings (SSSR count). The van der Waals surface area contributed by atoms with Crippen LogP contribution in [-0.2, 0) is 32.0 Å². The molecule has 0 unspecified atom stereocenters. The van der Waals surface area contributed by atoms with Crippen molar-refractivity contribution in [2.75, 3.05) is 11.5 Å². The van der Waals surface area contributed by atoms with Crippen LogP contribution in [0.3, 0.4) is 0 Å². The second-order valence-corrected chi connectivity index (χ2v) is 18.6. The standard InChI is InChI=1S/C57H66N2O8/c1-3-5-7-40-9-23-46(24-10-40)54(62)66-51-32-18-42(19-33-51)17-31-50(60)39-56(37-44-13-27-48(58)28-14-44,38-45-15-29-49(59)30-16-45)57(64,65)53(61)36-22-43-20-34-52(35-21-43)67-55(63)47-25-11-41(12-26-47)8-6-4-2/h3-4,13-22,27-36,40-41,46-47,64-65H,1-2,5-12,23-26,37-39,58-59H2. The minimum Gasteiger partial charge on any atom is -0.426 e. The van der Waals surface area contributed by atoms with E-state index in [1.54, 1.807) is 103 Å². The van der Waals surface area contributed by atoms with Crippen LogP contribution in [0.1, 0.15) is 106 Å². The van der Waals surface area contributed by atoms with Crippen LogP contribution in [0.15, 0.2) is 135 Å². The first-order valence-electron chi connectivity index (χ1n) is 23.7. The van der Waals surface area contributed by atoms with Gasteiger partial charge in [-0.3, -0.25) is 19.2 Å². The highest BCUT2D eigenvalue weighted by atomic mass is 16.5. The summed E-state index contributed by atoms with van der Waals surface area (Å²) in [5.74, 6) is -3.33. The second-order valence-electron chi connectivity index (χ2n) is 18.6. The molecule has 67 heavy (non-hydrogen) atoms. The third-order valence-electron chi connectivity index (χ3n) is 13.6. The fourth-order valence-corrected chi connectivity index (χ4v) is 9.51. The molecule has 2 saturated carbocycles. The van der Waals surface area contributed by atoms with Gasteiger partial charge in [0.1, 0.15) is 11.5 Å². The summed E-state index contributed by atoms with van der Waals surface area (Å²) < 4.78 is 11.4. The molecule has 0 radical (unpaired) electrons. The SMILES string of the molecule is C=CCCC1CCC(C(=O)Oc2ccc(C=CC(=O)CC(Cc3ccc(N)cc3)(Cc3ccc(N)cc3)C(O)(O)C(=O)C=Cc3ccc(OC(=O)C4CCC(CCC=C)CC4)cc3)cc2)CC1. The predicted octanol–water partition coefficient (Wildman–Crippen LogP) is 10.6. The number of anilines is 2. The van der Waals surface area contributed by atoms with Crippen LogP contribution >= 0.6 is 0 Å². The average molecular weight is 907 g/mol. The number of nitrogen functional groups attached to an aromatic ring is 2. The van der Waals surface area contributed by atoms with Gasteiger partial charge in [0.2, 0.25) is 11.6 Å². The van der Waals surface area contributed by atoms with Crippen molar-refractivity contribution in [2.24, 2.45) is 29.1 Å². The highest BCUT2D eigenvalue weighted by Gasteiger charge is 2.54. The number of ether oxygens (including phenoxy) is 2. The van der Waals surface area contributed by atoms with Gasteiger partial charge in [-0.05, 0) is 185 Å². The molecule has 2 aliphatic carbocycles. The summed E-state index contributed by atoms with van der Waals surface area (Å²) in [6, 6.07) is 27.1. The largest absolute Gasteiger partial charge is 0.426 e. The first-order chi connectivity index (χ1) is 32.2. The Bertz CT molecular complexity index is 2300. The van der Waals surface area contributed by atoms with Crippen molar-refractivity contribution >= 4 is 47.0 Å². The van der Waals surface area contributed by atoms with Crippen LogP contribution in [0.5, 0.6) is 11.5 Å². The molecular weight excluding hydrogens is 841 g/mol. The van der Waals surface area contributed by atoms with E-state index in [0.29, 0.717) is 57.0 Å². The first-order valence-corrected chi connectivity index (χ1v) is 23.7. The number of carbonyl (C=O) groups is 4. The lowest BCUT2D eigenvalue weighted by Gasteiger charge is -2.42. The van der Waals surface area contributed by atoms with Crippen molar-refractivity contribution in [3.8, 4) is 11.5 Å². The molecule has 4 aromatic carbocycles. The number of hydrogen-bond donors (Lipinski definition) is 4. The maximum atomic E-state index is 14.2. The van der Waals surface area contributed by atoms with E-state index in [0.717, 1.165) is 83.1 Å². The summed E-state index contributed by atoms with van der Waals surface area (Å²) >= 11 is 0. The summed E-state index contributed by atoms with van der Waals surface area (Å²) in [5, 5.41) is 24.5. The Labute approximate surface area is 395 Å². The molecule has 2 fully saturated rings. The quantitative estimate of drug-likeness (QED) is 0.0148. The third-order valence-corrected chi connectivity index (χ3v) is 13.6. The summed E-state index contributed by atoms with van der Waals surface area (Å²) in [5.41, 5.74) is 13.7. The van der Waals surface area contributed by atoms with E-state index in [-0.39, 0.29) is 36.6 Å². The van der Waals surface area contributed by atoms with Crippen molar-refractivity contribution in [1.82, 2.24) is 0 Å². The van der Waals surface area contributed by atoms with Gasteiger partial charge in [-0.1, -0.05) is 72.8 Å². The Morgan fingerprint density at radius 3 is 1.34 bits per heavy atom. The molecule has 0 heterocycles. The third kappa shape index (κ3) is 14.3. The summed E-state index contributed by atoms with van der Waals surface area (Å²) in [6.07, 6.45) is 20.1. The molecule has 10 nitrogen and oxygen atoms in total. The van der Waals surface area contributed by atoms with E-state index < -0.39 is 29.2 Å². The van der Waals surface area contributed by atoms with E-state index in [1.807, 2.05) is 12.2 Å². The topological polar surface area (TPSA) is 179 Å². The Kier molecular flexibility index (Phi) is 17.9. The number of aliphatic hydroxyl groups is 2. The maximum absolute atomic E-state index is 14.2. The minimum absolute atomic E-state index is 0.0864. The lowest BCUT2D eigenvalue weighted by molar-refractivity contribution is -0.230. The van der Waals surface area contributed by atoms with Crippen molar-refractivity contribution in [3.05, 3.63) is 157 Å². The number of carbonyl (C=O) groups excluding carboxylic acids is 4. The Hall–Kier alpha value is -6.36. The number of benzene rings is 4. The lowest BCUT2D eigenvalue weighted by Crippen LogP contribution is -2.57. The van der Waals surface area contributed by atoms with Crippen molar-refractivity contribution < 1.29 is 38.9 Å². The number of rotatable bonds is 22. The molecule has 0 atom stereocenters. The van der Waals surface area contributed by atoms with Crippen LogP contribution < -0.4 is 20.9 Å². The van der Waals surface area contributed by atoms with Crippen LogP contribution in [-0.4, -0.2) is 39.5 Å². The van der Waals surface area contributed by atoms with Crippen molar-refractivity contribution in [1.29, 1.82) is 0 Å². The fraction of sp³-hybridized carbons (Fsp3) is 0.368. The molecule has 0 saturated heterocycles. The highest BCUT2D eigenvalue weighted by Crippen LogP contribution is 2.43. The zero-order valence-electron chi connectivity index (χ0n) is 38.5. The Balaban J connectivity index is 1.17. The van der Waals surface area contributed by atoms with E-state index in [9.17, 15) is 29.4 Å². The maximum Gasteiger partial charge on any atom is 0.314 e. The molecule has 0 amide bonds. The Morgan fingerprint density at radius 2 is 0.955 bits per heavy atom. The van der Waals surface area contributed by atoms with Crippen LogP contribution in [0.4, 0.5) is 11.4 Å². The van der Waals surface area contributed by atoms with Crippen LogP contribution in [0, 0.1) is 29.1 Å². The van der Waals surface area contributed by atoms with Gasteiger partial charge < -0.3 is 31.2 Å². The van der Waals surface area contributed by atoms with E-state index in [2.05, 4.69) is 13.2 Å². The van der Waals surface area contributed by atoms with Gasteiger partial charge in [0.15, 0.2) is 5.78 Å². The number of ketones is 2. The molecule has 2 aliphatic rings. The molecule has 4 aromatic rings. The summed E-state index contributed by atoms with van der Waals surface area (Å²) in [7, 11) is 0. The molecule has 352 valence electrons. The van der Waals surface area contributed by atoms with Crippen LogP contribution in [0.2, 0.25) is 0 Å². The van der Waals surface area contributed by atoms with Gasteiger partial charge in [0, 0.05) is 23.2 Å². The molecular formula is C57H66N2O8. The Morgan fingerprint density at radius 1 is 0.567 bits per heavy atom. The normalized spacial score (nSPS) is 18.9. The van der Waals surface area contributed by atoms with Gasteiger partial charge in [-0.15, -0.1) is 13.2 Å². The number of esters is 2. The fourth-order valence-electron chi connectivity index (χ4n) is 9.51. The van der Waals surface area contributed by atoms with E-state index in [4.69, 9.17) is 20.9 Å². The van der Waals surface area contributed by atoms with Crippen LogP contribution in [0.25, 0.3) is 12.2 Å². The smallest absolute Gasteiger partial charge is 0.314 e. The zero-order valence-corrected chi connectivity index (χ0v) is 38.5. The molecule has 0 spiro atoms. The van der Waals surface area contributed by atoms with Gasteiger partial charge in [-0.25, -0.2) is 0 Å². The highest BCUT2D eigenvalue weighted by molar-refractivity contribution is 6.01. The average Bonchev–Trinajstić information content (AvgIpc) is 3.33.